The minimum atomic E-state index is -0.917. The highest BCUT2D eigenvalue weighted by molar-refractivity contribution is 5.89. The highest BCUT2D eigenvalue weighted by atomic mass is 35.5. The molecule has 128 valence electrons. The molecule has 1 heterocycles. The number of halogens is 1. The number of hydrogen-bond acceptors (Lipinski definition) is 4. The third-order valence-electron chi connectivity index (χ3n) is 3.89. The lowest BCUT2D eigenvalue weighted by Gasteiger charge is -2.39. The minimum Gasteiger partial charge on any atom is -0.428 e. The topological polar surface area (TPSA) is 38.8 Å². The summed E-state index contributed by atoms with van der Waals surface area (Å²) in [6, 6.07) is 19.3. The molecule has 2 aromatic rings. The first-order chi connectivity index (χ1) is 11.1. The quantitative estimate of drug-likeness (QED) is 0.793. The number of rotatable bonds is 4. The summed E-state index contributed by atoms with van der Waals surface area (Å²) in [5.41, 5.74) is 1.78. The van der Waals surface area contributed by atoms with Crippen molar-refractivity contribution >= 4 is 18.4 Å². The maximum Gasteiger partial charge on any atom is 0.340 e. The molecule has 0 bridgehead atoms. The smallest absolute Gasteiger partial charge is 0.340 e. The third kappa shape index (κ3) is 4.81. The Morgan fingerprint density at radius 3 is 2.42 bits per heavy atom. The second-order valence-corrected chi connectivity index (χ2v) is 5.93. The van der Waals surface area contributed by atoms with E-state index in [4.69, 9.17) is 9.47 Å². The fraction of sp³-hybridized carbons (Fsp3) is 0.316. The van der Waals surface area contributed by atoms with E-state index in [1.807, 2.05) is 43.3 Å². The Morgan fingerprint density at radius 1 is 1.12 bits per heavy atom. The van der Waals surface area contributed by atoms with E-state index in [0.29, 0.717) is 18.7 Å². The predicted octanol–water partition coefficient (Wildman–Crippen LogP) is 3.51. The molecule has 1 saturated heterocycles. The molecule has 0 spiro atoms. The van der Waals surface area contributed by atoms with Gasteiger partial charge in [0.25, 0.3) is 0 Å². The number of hydrogen-bond donors (Lipinski definition) is 0. The van der Waals surface area contributed by atoms with Crippen molar-refractivity contribution in [2.75, 3.05) is 19.7 Å². The van der Waals surface area contributed by atoms with Crippen molar-refractivity contribution in [3.05, 3.63) is 71.8 Å². The van der Waals surface area contributed by atoms with Gasteiger partial charge in [-0.15, -0.1) is 12.4 Å². The number of morpholine rings is 1. The van der Waals surface area contributed by atoms with Crippen LogP contribution in [0.25, 0.3) is 0 Å². The number of nitrogens with zero attached hydrogens (tertiary/aromatic N) is 1. The molecule has 0 aromatic heterocycles. The van der Waals surface area contributed by atoms with Gasteiger partial charge in [-0.1, -0.05) is 48.5 Å². The van der Waals surface area contributed by atoms with E-state index in [1.54, 1.807) is 12.1 Å². The summed E-state index contributed by atoms with van der Waals surface area (Å²) in [5.74, 6) is -1.27. The molecule has 0 radical (unpaired) electrons. The summed E-state index contributed by atoms with van der Waals surface area (Å²) < 4.78 is 11.4. The van der Waals surface area contributed by atoms with Gasteiger partial charge in [0.05, 0.1) is 18.7 Å². The fourth-order valence-electron chi connectivity index (χ4n) is 2.79. The van der Waals surface area contributed by atoms with E-state index in [9.17, 15) is 4.79 Å². The summed E-state index contributed by atoms with van der Waals surface area (Å²) in [6.07, 6.45) is 0. The summed E-state index contributed by atoms with van der Waals surface area (Å²) >= 11 is 0. The number of carbonyl (C=O) groups excluding carboxylic acids is 1. The average Bonchev–Trinajstić information content (AvgIpc) is 2.56. The molecule has 1 atom stereocenters. The zero-order chi connectivity index (χ0) is 16.1. The van der Waals surface area contributed by atoms with Gasteiger partial charge in [0.15, 0.2) is 0 Å². The van der Waals surface area contributed by atoms with E-state index >= 15 is 0 Å². The van der Waals surface area contributed by atoms with Crippen LogP contribution in [-0.2, 0) is 16.0 Å². The van der Waals surface area contributed by atoms with Gasteiger partial charge in [-0.2, -0.15) is 0 Å². The molecule has 1 aliphatic rings. The molecule has 4 nitrogen and oxygen atoms in total. The first-order valence-electron chi connectivity index (χ1n) is 7.83. The molecule has 1 aliphatic heterocycles. The number of benzene rings is 2. The zero-order valence-electron chi connectivity index (χ0n) is 13.7. The second-order valence-electron chi connectivity index (χ2n) is 5.93. The van der Waals surface area contributed by atoms with E-state index < -0.39 is 5.79 Å². The van der Waals surface area contributed by atoms with Gasteiger partial charge in [0.1, 0.15) is 0 Å². The molecule has 2 aromatic carbocycles. The highest BCUT2D eigenvalue weighted by Crippen LogP contribution is 2.22. The van der Waals surface area contributed by atoms with Gasteiger partial charge in [-0.3, -0.25) is 4.90 Å². The standard InChI is InChI=1S/C19H21NO3.ClH/c1-19(23-18(21)17-10-6-3-7-11-17)15-20(12-13-22-19)14-16-8-4-2-5-9-16;/h2-11H,12-15H2,1H3;1H/t19-;/m0./s1. The summed E-state index contributed by atoms with van der Waals surface area (Å²) in [7, 11) is 0. The first-order valence-corrected chi connectivity index (χ1v) is 7.83. The van der Waals surface area contributed by atoms with Gasteiger partial charge >= 0.3 is 5.97 Å². The van der Waals surface area contributed by atoms with Crippen LogP contribution in [-0.4, -0.2) is 36.4 Å². The Balaban J connectivity index is 0.00000208. The van der Waals surface area contributed by atoms with E-state index in [1.165, 1.54) is 5.56 Å². The van der Waals surface area contributed by atoms with Crippen molar-refractivity contribution in [3.8, 4) is 0 Å². The van der Waals surface area contributed by atoms with E-state index in [2.05, 4.69) is 17.0 Å². The van der Waals surface area contributed by atoms with Crippen LogP contribution >= 0.6 is 12.4 Å². The molecule has 5 heteroatoms. The SMILES string of the molecule is C[C@]1(OC(=O)c2ccccc2)CN(Cc2ccccc2)CCO1.Cl. The number of ether oxygens (including phenoxy) is 2. The van der Waals surface area contributed by atoms with Gasteiger partial charge in [-0.25, -0.2) is 4.79 Å². The molecular weight excluding hydrogens is 326 g/mol. The van der Waals surface area contributed by atoms with Crippen LogP contribution in [0, 0.1) is 0 Å². The molecule has 0 unspecified atom stereocenters. The molecule has 0 amide bonds. The van der Waals surface area contributed by atoms with Gasteiger partial charge < -0.3 is 9.47 Å². The molecule has 0 N–H and O–H groups in total. The maximum absolute atomic E-state index is 12.3. The van der Waals surface area contributed by atoms with Crippen LogP contribution in [0.5, 0.6) is 0 Å². The van der Waals surface area contributed by atoms with Crippen molar-refractivity contribution < 1.29 is 14.3 Å². The Morgan fingerprint density at radius 2 is 1.75 bits per heavy atom. The normalized spacial score (nSPS) is 20.9. The number of esters is 1. The minimum absolute atomic E-state index is 0. The van der Waals surface area contributed by atoms with Crippen LogP contribution in [0.4, 0.5) is 0 Å². The van der Waals surface area contributed by atoms with Crippen molar-refractivity contribution in [2.45, 2.75) is 19.3 Å². The van der Waals surface area contributed by atoms with Gasteiger partial charge in [0, 0.05) is 20.0 Å². The lowest BCUT2D eigenvalue weighted by atomic mass is 10.1. The lowest BCUT2D eigenvalue weighted by Crippen LogP contribution is -2.52. The van der Waals surface area contributed by atoms with Crippen LogP contribution in [0.3, 0.4) is 0 Å². The van der Waals surface area contributed by atoms with Gasteiger partial charge in [-0.05, 0) is 17.7 Å². The molecule has 1 fully saturated rings. The van der Waals surface area contributed by atoms with Crippen LogP contribution in [0.1, 0.15) is 22.8 Å². The van der Waals surface area contributed by atoms with Crippen molar-refractivity contribution in [3.63, 3.8) is 0 Å². The van der Waals surface area contributed by atoms with Crippen LogP contribution in [0.2, 0.25) is 0 Å². The lowest BCUT2D eigenvalue weighted by molar-refractivity contribution is -0.227. The Kier molecular flexibility index (Phi) is 6.37. The van der Waals surface area contributed by atoms with Crippen molar-refractivity contribution in [1.29, 1.82) is 0 Å². The Hall–Kier alpha value is -1.88. The van der Waals surface area contributed by atoms with Crippen LogP contribution < -0.4 is 0 Å². The molecule has 0 aliphatic carbocycles. The summed E-state index contributed by atoms with van der Waals surface area (Å²) in [6.45, 7) is 4.58. The first kappa shape index (κ1) is 18.5. The molecular formula is C19H22ClNO3. The largest absolute Gasteiger partial charge is 0.428 e. The van der Waals surface area contributed by atoms with Crippen molar-refractivity contribution in [1.82, 2.24) is 4.90 Å². The van der Waals surface area contributed by atoms with Gasteiger partial charge in [0.2, 0.25) is 5.79 Å². The fourth-order valence-corrected chi connectivity index (χ4v) is 2.79. The number of carbonyl (C=O) groups is 1. The highest BCUT2D eigenvalue weighted by Gasteiger charge is 2.36. The Bertz CT molecular complexity index is 650. The monoisotopic (exact) mass is 347 g/mol. The molecule has 3 rings (SSSR count). The summed E-state index contributed by atoms with van der Waals surface area (Å²) in [5, 5.41) is 0. The summed E-state index contributed by atoms with van der Waals surface area (Å²) in [4.78, 5) is 14.5. The second kappa shape index (κ2) is 8.29. The van der Waals surface area contributed by atoms with Crippen LogP contribution in [0.15, 0.2) is 60.7 Å². The Labute approximate surface area is 148 Å². The third-order valence-corrected chi connectivity index (χ3v) is 3.89. The molecule has 0 saturated carbocycles. The van der Waals surface area contributed by atoms with E-state index in [-0.39, 0.29) is 18.4 Å². The maximum atomic E-state index is 12.3. The average molecular weight is 348 g/mol. The predicted molar refractivity (Wildman–Crippen MR) is 95.2 cm³/mol. The molecule has 24 heavy (non-hydrogen) atoms. The zero-order valence-corrected chi connectivity index (χ0v) is 14.5. The van der Waals surface area contributed by atoms with Crippen molar-refractivity contribution in [2.24, 2.45) is 0 Å². The van der Waals surface area contributed by atoms with E-state index in [0.717, 1.165) is 13.1 Å².